The smallest absolute Gasteiger partial charge is 0.332 e. The van der Waals surface area contributed by atoms with Gasteiger partial charge in [0.1, 0.15) is 13.2 Å². The zero-order valence-electron chi connectivity index (χ0n) is 27.3. The summed E-state index contributed by atoms with van der Waals surface area (Å²) in [5.41, 5.74) is 15.6. The first-order chi connectivity index (χ1) is 22.3. The number of nitrogens with two attached hydrogens (primary N) is 3. The number of nitrogens with zero attached hydrogens (tertiary/aromatic N) is 1. The molecule has 0 amide bonds. The Bertz CT molecular complexity index is 1310. The largest absolute Gasteiger partial charge is 0.480 e. The predicted octanol–water partition coefficient (Wildman–Crippen LogP) is 3.37. The van der Waals surface area contributed by atoms with Gasteiger partial charge in [-0.15, -0.1) is 0 Å². The third kappa shape index (κ3) is 11.2. The number of carboxylic acids is 2. The number of hydrogen-bond donors (Lipinski definition) is 7. The van der Waals surface area contributed by atoms with Gasteiger partial charge in [0, 0.05) is 25.4 Å². The van der Waals surface area contributed by atoms with Crippen molar-refractivity contribution in [2.24, 2.45) is 17.2 Å². The summed E-state index contributed by atoms with van der Waals surface area (Å²) in [7, 11) is -3.27. The number of nitrogens with one attached hydrogen (secondary N) is 2. The highest BCUT2D eigenvalue weighted by Gasteiger charge is 2.65. The Morgan fingerprint density at radius 3 is 2.02 bits per heavy atom. The number of rotatable bonds is 18. The molecule has 0 spiro atoms. The average molecular weight is 691 g/mol. The van der Waals surface area contributed by atoms with Gasteiger partial charge >= 0.3 is 11.9 Å². The van der Waals surface area contributed by atoms with E-state index in [1.165, 1.54) is 0 Å². The van der Waals surface area contributed by atoms with Crippen LogP contribution in [0.25, 0.3) is 0 Å². The third-order valence-corrected chi connectivity index (χ3v) is 12.5. The first kappa shape index (κ1) is 40.0. The van der Waals surface area contributed by atoms with Crippen molar-refractivity contribution >= 4 is 42.6 Å². The zero-order chi connectivity index (χ0) is 35.0. The standard InChI is InChI=1S/C27H37N2O4PS.C6H14N4O2/c1-3-16-29-17-14-24(27(29,26(31)32)25(30)23(28)15-18-35-2)34(33,19-21-10-6-4-7-11-21)20-22-12-8-5-9-13-22;7-4(5(11)12)2-1-3-10-6(8)9/h4-13,23-24H,3,14-20,28H2,1-2H3,(H,31,32);4H,1-3,7H2,(H,11,12)(H4,8,9,10)/t23-,24?,27+;4-/m00/s1. The number of ketones is 1. The number of Topliss-reactive ketones (excluding diaryl/α,β-unsaturated/α-hetero) is 1. The van der Waals surface area contributed by atoms with Gasteiger partial charge in [0.05, 0.1) is 11.7 Å². The number of carbonyl (C=O) groups is 3. The fraction of sp³-hybridized carbons (Fsp3) is 0.515. The van der Waals surface area contributed by atoms with Crippen LogP contribution in [-0.2, 0) is 31.3 Å². The summed E-state index contributed by atoms with van der Waals surface area (Å²) in [5.74, 6) is -2.18. The number of thioether (sulfide) groups is 1. The van der Waals surface area contributed by atoms with Crippen LogP contribution in [0.1, 0.15) is 50.2 Å². The van der Waals surface area contributed by atoms with Crippen LogP contribution in [0.4, 0.5) is 0 Å². The Labute approximate surface area is 282 Å². The fourth-order valence-corrected chi connectivity index (χ4v) is 10.5. The summed E-state index contributed by atoms with van der Waals surface area (Å²) in [6.07, 6.45) is 4.87. The molecule has 1 saturated heterocycles. The highest BCUT2D eigenvalue weighted by atomic mass is 32.2. The predicted molar refractivity (Wildman–Crippen MR) is 189 cm³/mol. The van der Waals surface area contributed by atoms with E-state index >= 15 is 4.57 Å². The highest BCUT2D eigenvalue weighted by Crippen LogP contribution is 2.63. The van der Waals surface area contributed by atoms with Crippen LogP contribution in [0.15, 0.2) is 60.7 Å². The molecule has 1 unspecified atom stereocenters. The monoisotopic (exact) mass is 690 g/mol. The van der Waals surface area contributed by atoms with E-state index in [0.717, 1.165) is 11.1 Å². The topological polar surface area (TPSA) is 226 Å². The van der Waals surface area contributed by atoms with Crippen molar-refractivity contribution in [3.63, 3.8) is 0 Å². The molecule has 12 nitrogen and oxygen atoms in total. The lowest BCUT2D eigenvalue weighted by Crippen LogP contribution is -2.66. The molecule has 1 heterocycles. The number of carbonyl (C=O) groups excluding carboxylic acids is 1. The molecule has 4 atom stereocenters. The minimum atomic E-state index is -3.27. The molecule has 47 heavy (non-hydrogen) atoms. The van der Waals surface area contributed by atoms with Crippen LogP contribution in [0, 0.1) is 5.41 Å². The molecule has 0 saturated carbocycles. The molecular formula is C33H51N6O6PS. The summed E-state index contributed by atoms with van der Waals surface area (Å²) in [6, 6.07) is 17.3. The Hall–Kier alpha value is -3.22. The second kappa shape index (κ2) is 19.6. The highest BCUT2D eigenvalue weighted by molar-refractivity contribution is 7.98. The van der Waals surface area contributed by atoms with Crippen LogP contribution < -0.4 is 22.5 Å². The van der Waals surface area contributed by atoms with Gasteiger partial charge in [0.15, 0.2) is 17.3 Å². The summed E-state index contributed by atoms with van der Waals surface area (Å²) < 4.78 is 15.1. The second-order valence-corrected chi connectivity index (χ2v) is 15.9. The van der Waals surface area contributed by atoms with Gasteiger partial charge in [-0.3, -0.25) is 19.9 Å². The van der Waals surface area contributed by atoms with Gasteiger partial charge < -0.3 is 37.3 Å². The molecule has 2 aromatic rings. The first-order valence-corrected chi connectivity index (χ1v) is 19.4. The lowest BCUT2D eigenvalue weighted by molar-refractivity contribution is -0.156. The van der Waals surface area contributed by atoms with E-state index in [1.807, 2.05) is 73.8 Å². The zero-order valence-corrected chi connectivity index (χ0v) is 29.1. The molecule has 10 N–H and O–H groups in total. The average Bonchev–Trinajstić information content (AvgIpc) is 3.43. The Morgan fingerprint density at radius 1 is 1.02 bits per heavy atom. The van der Waals surface area contributed by atoms with E-state index in [4.69, 9.17) is 27.7 Å². The molecule has 14 heteroatoms. The molecule has 0 radical (unpaired) electrons. The van der Waals surface area contributed by atoms with Gasteiger partial charge in [-0.1, -0.05) is 67.6 Å². The van der Waals surface area contributed by atoms with Gasteiger partial charge in [-0.05, 0) is 61.8 Å². The molecule has 1 aliphatic rings. The Morgan fingerprint density at radius 2 is 1.57 bits per heavy atom. The van der Waals surface area contributed by atoms with Crippen LogP contribution in [-0.4, -0.2) is 93.7 Å². The molecule has 2 aromatic carbocycles. The van der Waals surface area contributed by atoms with Crippen molar-refractivity contribution in [2.75, 3.05) is 31.6 Å². The van der Waals surface area contributed by atoms with Gasteiger partial charge in [0.2, 0.25) is 0 Å². The van der Waals surface area contributed by atoms with E-state index in [-0.39, 0.29) is 18.3 Å². The maximum Gasteiger partial charge on any atom is 0.332 e. The molecule has 0 bridgehead atoms. The molecule has 0 aromatic heterocycles. The maximum atomic E-state index is 15.1. The summed E-state index contributed by atoms with van der Waals surface area (Å²) in [5, 5.41) is 28.4. The van der Waals surface area contributed by atoms with Gasteiger partial charge in [-0.2, -0.15) is 11.8 Å². The fourth-order valence-electron chi connectivity index (χ4n) is 6.10. The van der Waals surface area contributed by atoms with Crippen molar-refractivity contribution in [1.29, 1.82) is 5.41 Å². The van der Waals surface area contributed by atoms with Gasteiger partial charge in [-0.25, -0.2) is 4.79 Å². The van der Waals surface area contributed by atoms with Gasteiger partial charge in [0.25, 0.3) is 0 Å². The van der Waals surface area contributed by atoms with E-state index in [1.54, 1.807) is 16.7 Å². The van der Waals surface area contributed by atoms with E-state index in [2.05, 4.69) is 5.32 Å². The minimum absolute atomic E-state index is 0.112. The number of benzene rings is 2. The molecular weight excluding hydrogens is 639 g/mol. The van der Waals surface area contributed by atoms with Crippen LogP contribution in [0.5, 0.6) is 0 Å². The van der Waals surface area contributed by atoms with Crippen molar-refractivity contribution in [1.82, 2.24) is 10.2 Å². The van der Waals surface area contributed by atoms with Crippen molar-refractivity contribution in [3.8, 4) is 0 Å². The molecule has 1 aliphatic heterocycles. The number of hydrogen-bond acceptors (Lipinski definition) is 9. The lowest BCUT2D eigenvalue weighted by atomic mass is 9.85. The molecule has 260 valence electrons. The number of guanidine groups is 1. The number of aliphatic carboxylic acids is 2. The molecule has 0 aliphatic carbocycles. The lowest BCUT2D eigenvalue weighted by Gasteiger charge is -2.41. The summed E-state index contributed by atoms with van der Waals surface area (Å²) >= 11 is 1.57. The summed E-state index contributed by atoms with van der Waals surface area (Å²) in [6.45, 7) is 3.31. The van der Waals surface area contributed by atoms with Crippen molar-refractivity contribution in [2.45, 2.75) is 74.6 Å². The Kier molecular flexibility index (Phi) is 16.6. The number of carboxylic acid groups (broad SMARTS) is 2. The molecule has 1 fully saturated rings. The van der Waals surface area contributed by atoms with Crippen LogP contribution in [0.3, 0.4) is 0 Å². The third-order valence-electron chi connectivity index (χ3n) is 8.30. The van der Waals surface area contributed by atoms with E-state index < -0.39 is 48.1 Å². The van der Waals surface area contributed by atoms with Crippen LogP contribution in [0.2, 0.25) is 0 Å². The first-order valence-electron chi connectivity index (χ1n) is 15.8. The SMILES string of the molecule is CCCN1CCC(P(=O)(Cc2ccccc2)Cc2ccccc2)[C@]1(C(=O)O)C(=O)[C@@H](N)CCSC.N=C(N)NCCC[C@H](N)C(=O)O. The van der Waals surface area contributed by atoms with E-state index in [0.29, 0.717) is 57.5 Å². The quantitative estimate of drug-likeness (QED) is 0.0393. The minimum Gasteiger partial charge on any atom is -0.480 e. The Balaban J connectivity index is 0.000000544. The number of likely N-dealkylation sites (tertiary alicyclic amines) is 1. The van der Waals surface area contributed by atoms with E-state index in [9.17, 15) is 19.5 Å². The van der Waals surface area contributed by atoms with Crippen molar-refractivity contribution < 1.29 is 29.2 Å². The second-order valence-electron chi connectivity index (χ2n) is 11.8. The summed E-state index contributed by atoms with van der Waals surface area (Å²) in [4.78, 5) is 39.1. The van der Waals surface area contributed by atoms with Crippen LogP contribution >= 0.6 is 18.9 Å². The van der Waals surface area contributed by atoms with Crippen molar-refractivity contribution in [3.05, 3.63) is 71.8 Å². The molecule has 3 rings (SSSR count). The normalized spacial score (nSPS) is 19.2. The maximum absolute atomic E-state index is 15.1.